The molecule has 0 fully saturated rings. The normalized spacial score (nSPS) is 9.94. The summed E-state index contributed by atoms with van der Waals surface area (Å²) in [7, 11) is 0. The number of carbonyl (C=O) groups excluding carboxylic acids is 1. The molecule has 0 radical (unpaired) electrons. The van der Waals surface area contributed by atoms with Crippen LogP contribution in [-0.2, 0) is 4.79 Å². The summed E-state index contributed by atoms with van der Waals surface area (Å²) in [4.78, 5) is 11.4. The molecule has 0 aliphatic carbocycles. The van der Waals surface area contributed by atoms with Crippen LogP contribution < -0.4 is 5.32 Å². The van der Waals surface area contributed by atoms with Crippen molar-refractivity contribution in [3.8, 4) is 6.07 Å². The van der Waals surface area contributed by atoms with E-state index in [2.05, 4.69) is 11.4 Å². The Bertz CT molecular complexity index is 390. The molecule has 1 amide bonds. The fourth-order valence-electron chi connectivity index (χ4n) is 1.19. The van der Waals surface area contributed by atoms with Crippen LogP contribution in [0.15, 0.2) is 42.5 Å². The maximum Gasteiger partial charge on any atom is 0.248 e. The van der Waals surface area contributed by atoms with Gasteiger partial charge in [0.1, 0.15) is 0 Å². The van der Waals surface area contributed by atoms with E-state index in [1.54, 1.807) is 6.08 Å². The third-order valence-corrected chi connectivity index (χ3v) is 1.97. The van der Waals surface area contributed by atoms with Crippen LogP contribution in [0.5, 0.6) is 0 Å². The van der Waals surface area contributed by atoms with Crippen LogP contribution >= 0.6 is 0 Å². The average molecular weight is 214 g/mol. The predicted molar refractivity (Wildman–Crippen MR) is 63.7 cm³/mol. The first-order valence-corrected chi connectivity index (χ1v) is 5.22. The Hall–Kier alpha value is -2.08. The Morgan fingerprint density at radius 2 is 2.12 bits per heavy atom. The fourth-order valence-corrected chi connectivity index (χ4v) is 1.19. The van der Waals surface area contributed by atoms with Crippen molar-refractivity contribution in [2.75, 3.05) is 5.32 Å². The van der Waals surface area contributed by atoms with Crippen molar-refractivity contribution < 1.29 is 4.79 Å². The second kappa shape index (κ2) is 7.24. The summed E-state index contributed by atoms with van der Waals surface area (Å²) in [6.07, 6.45) is 5.38. The third-order valence-electron chi connectivity index (χ3n) is 1.97. The van der Waals surface area contributed by atoms with E-state index in [1.165, 1.54) is 6.08 Å². The number of nitriles is 1. The molecule has 3 nitrogen and oxygen atoms in total. The summed E-state index contributed by atoms with van der Waals surface area (Å²) in [5.74, 6) is -0.136. The van der Waals surface area contributed by atoms with E-state index >= 15 is 0 Å². The first-order chi connectivity index (χ1) is 7.83. The van der Waals surface area contributed by atoms with E-state index in [0.717, 1.165) is 18.5 Å². The van der Waals surface area contributed by atoms with Gasteiger partial charge in [-0.25, -0.2) is 0 Å². The summed E-state index contributed by atoms with van der Waals surface area (Å²) in [5.41, 5.74) is 0.786. The zero-order valence-corrected chi connectivity index (χ0v) is 9.02. The van der Waals surface area contributed by atoms with Gasteiger partial charge in [-0.3, -0.25) is 4.79 Å². The molecule has 0 aromatic heterocycles. The minimum atomic E-state index is -0.136. The number of nitrogens with one attached hydrogen (secondary N) is 1. The lowest BCUT2D eigenvalue weighted by Crippen LogP contribution is -2.07. The van der Waals surface area contributed by atoms with Crippen LogP contribution in [0.3, 0.4) is 0 Å². The van der Waals surface area contributed by atoms with Crippen molar-refractivity contribution in [3.63, 3.8) is 0 Å². The van der Waals surface area contributed by atoms with Crippen molar-refractivity contribution in [1.29, 1.82) is 5.26 Å². The monoisotopic (exact) mass is 214 g/mol. The van der Waals surface area contributed by atoms with Gasteiger partial charge >= 0.3 is 0 Å². The number of para-hydroxylation sites is 1. The second-order valence-electron chi connectivity index (χ2n) is 3.31. The molecule has 1 aromatic carbocycles. The maximum absolute atomic E-state index is 11.4. The van der Waals surface area contributed by atoms with E-state index in [4.69, 9.17) is 5.26 Å². The Morgan fingerprint density at radius 1 is 1.38 bits per heavy atom. The topological polar surface area (TPSA) is 52.9 Å². The minimum Gasteiger partial charge on any atom is -0.323 e. The molecule has 3 heteroatoms. The van der Waals surface area contributed by atoms with Crippen LogP contribution in [0.25, 0.3) is 0 Å². The number of benzene rings is 1. The highest BCUT2D eigenvalue weighted by Crippen LogP contribution is 2.04. The number of anilines is 1. The lowest BCUT2D eigenvalue weighted by atomic mass is 10.2. The highest BCUT2D eigenvalue weighted by Gasteiger charge is 1.95. The highest BCUT2D eigenvalue weighted by atomic mass is 16.1. The van der Waals surface area contributed by atoms with Gasteiger partial charge in [-0.2, -0.15) is 5.26 Å². The van der Waals surface area contributed by atoms with Crippen LogP contribution in [0, 0.1) is 11.3 Å². The van der Waals surface area contributed by atoms with Gasteiger partial charge in [-0.1, -0.05) is 24.3 Å². The largest absolute Gasteiger partial charge is 0.323 e. The van der Waals surface area contributed by atoms with Gasteiger partial charge in [-0.05, 0) is 31.1 Å². The van der Waals surface area contributed by atoms with Gasteiger partial charge in [0.05, 0.1) is 6.07 Å². The highest BCUT2D eigenvalue weighted by molar-refractivity contribution is 5.99. The summed E-state index contributed by atoms with van der Waals surface area (Å²) in [6, 6.07) is 11.4. The summed E-state index contributed by atoms with van der Waals surface area (Å²) in [6.45, 7) is 0. The predicted octanol–water partition coefficient (Wildman–Crippen LogP) is 2.88. The van der Waals surface area contributed by atoms with E-state index in [0.29, 0.717) is 6.42 Å². The molecule has 0 heterocycles. The second-order valence-corrected chi connectivity index (χ2v) is 3.31. The number of rotatable bonds is 5. The van der Waals surface area contributed by atoms with E-state index in [1.807, 2.05) is 30.3 Å². The smallest absolute Gasteiger partial charge is 0.248 e. The van der Waals surface area contributed by atoms with Crippen LogP contribution in [0.2, 0.25) is 0 Å². The van der Waals surface area contributed by atoms with Gasteiger partial charge in [0.25, 0.3) is 0 Å². The lowest BCUT2D eigenvalue weighted by Gasteiger charge is -2.00. The molecule has 0 aliphatic heterocycles. The molecule has 0 saturated carbocycles. The number of unbranched alkanes of at least 4 members (excludes halogenated alkanes) is 2. The molecule has 0 unspecified atom stereocenters. The molecule has 1 rings (SSSR count). The van der Waals surface area contributed by atoms with Gasteiger partial charge in [-0.15, -0.1) is 0 Å². The first kappa shape index (κ1) is 12.0. The van der Waals surface area contributed by atoms with Crippen molar-refractivity contribution >= 4 is 11.6 Å². The van der Waals surface area contributed by atoms with Crippen molar-refractivity contribution in [1.82, 2.24) is 0 Å². The quantitative estimate of drug-likeness (QED) is 0.605. The van der Waals surface area contributed by atoms with Crippen LogP contribution in [0.4, 0.5) is 5.69 Å². The Kier molecular flexibility index (Phi) is 5.43. The molecule has 1 aromatic rings. The number of carbonyl (C=O) groups is 1. The SMILES string of the molecule is N#CCCC/C=C/C(=O)Nc1ccccc1. The lowest BCUT2D eigenvalue weighted by molar-refractivity contribution is -0.111. The average Bonchev–Trinajstić information content (AvgIpc) is 2.30. The van der Waals surface area contributed by atoms with E-state index < -0.39 is 0 Å². The molecule has 0 aliphatic rings. The molecular weight excluding hydrogens is 200 g/mol. The Morgan fingerprint density at radius 3 is 2.81 bits per heavy atom. The van der Waals surface area contributed by atoms with Crippen molar-refractivity contribution in [2.45, 2.75) is 19.3 Å². The van der Waals surface area contributed by atoms with Crippen molar-refractivity contribution in [3.05, 3.63) is 42.5 Å². The first-order valence-electron chi connectivity index (χ1n) is 5.22. The maximum atomic E-state index is 11.4. The summed E-state index contributed by atoms with van der Waals surface area (Å²) in [5, 5.41) is 11.1. The van der Waals surface area contributed by atoms with Gasteiger partial charge < -0.3 is 5.32 Å². The van der Waals surface area contributed by atoms with E-state index in [-0.39, 0.29) is 5.91 Å². The number of allylic oxidation sites excluding steroid dienone is 1. The minimum absolute atomic E-state index is 0.136. The molecule has 82 valence electrons. The number of nitrogens with zero attached hydrogens (tertiary/aromatic N) is 1. The van der Waals surface area contributed by atoms with Crippen LogP contribution in [0.1, 0.15) is 19.3 Å². The van der Waals surface area contributed by atoms with Crippen LogP contribution in [-0.4, -0.2) is 5.91 Å². The molecule has 1 N–H and O–H groups in total. The fraction of sp³-hybridized carbons (Fsp3) is 0.231. The van der Waals surface area contributed by atoms with Gasteiger partial charge in [0, 0.05) is 12.1 Å². The molecule has 0 saturated heterocycles. The van der Waals surface area contributed by atoms with E-state index in [9.17, 15) is 4.79 Å². The molecule has 0 spiro atoms. The number of hydrogen-bond acceptors (Lipinski definition) is 2. The number of hydrogen-bond donors (Lipinski definition) is 1. The summed E-state index contributed by atoms with van der Waals surface area (Å²) >= 11 is 0. The molecule has 0 atom stereocenters. The third kappa shape index (κ3) is 4.97. The van der Waals surface area contributed by atoms with Gasteiger partial charge in [0.2, 0.25) is 5.91 Å². The Labute approximate surface area is 95.4 Å². The zero-order chi connectivity index (χ0) is 11.6. The molecule has 16 heavy (non-hydrogen) atoms. The van der Waals surface area contributed by atoms with Gasteiger partial charge in [0.15, 0.2) is 0 Å². The summed E-state index contributed by atoms with van der Waals surface area (Å²) < 4.78 is 0. The molecular formula is C13H14N2O. The number of amides is 1. The Balaban J connectivity index is 2.29. The van der Waals surface area contributed by atoms with Crippen molar-refractivity contribution in [2.24, 2.45) is 0 Å². The zero-order valence-electron chi connectivity index (χ0n) is 9.02. The standard InChI is InChI=1S/C13H14N2O/c14-11-7-2-1-6-10-13(16)15-12-8-4-3-5-9-12/h3-6,8-10H,1-2,7H2,(H,15,16)/b10-6+. The molecule has 0 bridgehead atoms.